The van der Waals surface area contributed by atoms with Gasteiger partial charge in [-0.05, 0) is 19.8 Å². The molecule has 0 bridgehead atoms. The second-order valence-electron chi connectivity index (χ2n) is 6.69. The van der Waals surface area contributed by atoms with Gasteiger partial charge in [0.15, 0.2) is 5.78 Å². The van der Waals surface area contributed by atoms with E-state index in [4.69, 9.17) is 0 Å². The molecule has 1 unspecified atom stereocenters. The summed E-state index contributed by atoms with van der Waals surface area (Å²) in [4.78, 5) is 25.8. The van der Waals surface area contributed by atoms with E-state index in [-0.39, 0.29) is 18.2 Å². The topological polar surface area (TPSA) is 38.6 Å². The fraction of sp³-hybridized carbons (Fsp3) is 0.600. The number of Topliss-reactive ketones (excluding diaryl/α,β-unsaturated/α-hetero) is 2. The number of halogens is 1. The Bertz CT molecular complexity index is 498. The fourth-order valence-corrected chi connectivity index (χ4v) is 3.47. The monoisotopic (exact) mass is 351 g/mol. The molecule has 1 aliphatic carbocycles. The SMILES string of the molecule is CC[NH+](CCC(=O)c1ccccc1)CCC(=O)C1CCCCC1.[Cl-]. The molecular weight excluding hydrogens is 322 g/mol. The standard InChI is InChI=1S/C20H29NO2.ClH/c1-2-21(15-13-19(22)17-9-5-3-6-10-17)16-14-20(23)18-11-7-4-8-12-18;/h3,5-6,9-10,18H,2,4,7-8,11-16H2,1H3;1H. The van der Waals surface area contributed by atoms with Crippen molar-refractivity contribution in [3.63, 3.8) is 0 Å². The largest absolute Gasteiger partial charge is 1.00 e. The lowest BCUT2D eigenvalue weighted by atomic mass is 9.85. The van der Waals surface area contributed by atoms with Crippen LogP contribution < -0.4 is 17.3 Å². The van der Waals surface area contributed by atoms with Gasteiger partial charge < -0.3 is 17.3 Å². The zero-order chi connectivity index (χ0) is 16.5. The summed E-state index contributed by atoms with van der Waals surface area (Å²) in [6.45, 7) is 4.80. The van der Waals surface area contributed by atoms with Crippen molar-refractivity contribution >= 4 is 11.6 Å². The molecule has 1 aliphatic rings. The average molecular weight is 352 g/mol. The van der Waals surface area contributed by atoms with Crippen LogP contribution in [0.4, 0.5) is 0 Å². The third-order valence-electron chi connectivity index (χ3n) is 5.09. The van der Waals surface area contributed by atoms with Crippen molar-refractivity contribution < 1.29 is 26.9 Å². The molecule has 0 aliphatic heterocycles. The molecule has 1 saturated carbocycles. The molecule has 1 aromatic carbocycles. The van der Waals surface area contributed by atoms with Crippen molar-refractivity contribution in [1.29, 1.82) is 0 Å². The van der Waals surface area contributed by atoms with Gasteiger partial charge in [-0.1, -0.05) is 49.6 Å². The molecular formula is C20H30ClNO2. The highest BCUT2D eigenvalue weighted by molar-refractivity contribution is 5.96. The van der Waals surface area contributed by atoms with Gasteiger partial charge in [-0.25, -0.2) is 0 Å². The van der Waals surface area contributed by atoms with E-state index in [9.17, 15) is 9.59 Å². The molecule has 0 radical (unpaired) electrons. The van der Waals surface area contributed by atoms with Crippen LogP contribution in [0.1, 0.15) is 62.2 Å². The lowest BCUT2D eigenvalue weighted by molar-refractivity contribution is -0.897. The Hall–Kier alpha value is -1.19. The number of hydrogen-bond donors (Lipinski definition) is 1. The first-order chi connectivity index (χ1) is 11.2. The molecule has 0 saturated heterocycles. The summed E-state index contributed by atoms with van der Waals surface area (Å²) >= 11 is 0. The van der Waals surface area contributed by atoms with E-state index in [2.05, 4.69) is 6.92 Å². The molecule has 1 N–H and O–H groups in total. The second-order valence-corrected chi connectivity index (χ2v) is 6.69. The van der Waals surface area contributed by atoms with Gasteiger partial charge >= 0.3 is 0 Å². The fourth-order valence-electron chi connectivity index (χ4n) is 3.47. The molecule has 3 nitrogen and oxygen atoms in total. The van der Waals surface area contributed by atoms with E-state index in [0.717, 1.165) is 38.0 Å². The van der Waals surface area contributed by atoms with Crippen molar-refractivity contribution in [2.24, 2.45) is 5.92 Å². The maximum atomic E-state index is 12.3. The zero-order valence-electron chi connectivity index (χ0n) is 14.7. The zero-order valence-corrected chi connectivity index (χ0v) is 15.5. The molecule has 134 valence electrons. The number of benzene rings is 1. The molecule has 24 heavy (non-hydrogen) atoms. The normalized spacial score (nSPS) is 16.2. The van der Waals surface area contributed by atoms with E-state index in [1.807, 2.05) is 30.3 Å². The summed E-state index contributed by atoms with van der Waals surface area (Å²) in [5.41, 5.74) is 0.793. The maximum Gasteiger partial charge on any atom is 0.168 e. The minimum atomic E-state index is 0. The number of quaternary nitrogens is 1. The van der Waals surface area contributed by atoms with Crippen molar-refractivity contribution in [3.05, 3.63) is 35.9 Å². The third-order valence-corrected chi connectivity index (χ3v) is 5.09. The van der Waals surface area contributed by atoms with Crippen LogP contribution in [-0.4, -0.2) is 31.2 Å². The quantitative estimate of drug-likeness (QED) is 0.621. The summed E-state index contributed by atoms with van der Waals surface area (Å²) in [5, 5.41) is 0. The number of hydrogen-bond acceptors (Lipinski definition) is 2. The number of ketones is 2. The summed E-state index contributed by atoms with van der Waals surface area (Å²) in [5.74, 6) is 0.966. The van der Waals surface area contributed by atoms with Gasteiger partial charge in [0.05, 0.1) is 32.5 Å². The van der Waals surface area contributed by atoms with Crippen LogP contribution in [0.15, 0.2) is 30.3 Å². The maximum absolute atomic E-state index is 12.3. The first-order valence-corrected chi connectivity index (χ1v) is 9.15. The van der Waals surface area contributed by atoms with Crippen molar-refractivity contribution in [2.45, 2.75) is 51.9 Å². The Balaban J connectivity index is 0.00000288. The Morgan fingerprint density at radius 2 is 1.62 bits per heavy atom. The first kappa shape index (κ1) is 20.9. The van der Waals surface area contributed by atoms with Crippen LogP contribution in [0, 0.1) is 5.92 Å². The Labute approximate surface area is 152 Å². The highest BCUT2D eigenvalue weighted by Crippen LogP contribution is 2.24. The summed E-state index contributed by atoms with van der Waals surface area (Å²) in [6.07, 6.45) is 7.13. The van der Waals surface area contributed by atoms with Gasteiger partial charge in [0, 0.05) is 11.5 Å². The lowest BCUT2D eigenvalue weighted by Gasteiger charge is -2.22. The summed E-state index contributed by atoms with van der Waals surface area (Å²) in [6, 6.07) is 9.49. The Morgan fingerprint density at radius 1 is 1.00 bits per heavy atom. The van der Waals surface area contributed by atoms with Crippen LogP contribution in [0.5, 0.6) is 0 Å². The Kier molecular flexibility index (Phi) is 9.89. The molecule has 0 heterocycles. The van der Waals surface area contributed by atoms with Gasteiger partial charge in [-0.15, -0.1) is 0 Å². The number of carbonyl (C=O) groups excluding carboxylic acids is 2. The predicted molar refractivity (Wildman–Crippen MR) is 92.8 cm³/mol. The van der Waals surface area contributed by atoms with Gasteiger partial charge in [-0.2, -0.15) is 0 Å². The van der Waals surface area contributed by atoms with Gasteiger partial charge in [0.2, 0.25) is 0 Å². The second kappa shape index (κ2) is 11.4. The number of nitrogens with one attached hydrogen (secondary N) is 1. The van der Waals surface area contributed by atoms with Crippen LogP contribution in [0.2, 0.25) is 0 Å². The van der Waals surface area contributed by atoms with Crippen LogP contribution >= 0.6 is 0 Å². The molecule has 4 heteroatoms. The molecule has 0 spiro atoms. The van der Waals surface area contributed by atoms with E-state index in [1.165, 1.54) is 24.2 Å². The summed E-state index contributed by atoms with van der Waals surface area (Å²) < 4.78 is 0. The van der Waals surface area contributed by atoms with E-state index < -0.39 is 0 Å². The number of carbonyl (C=O) groups is 2. The van der Waals surface area contributed by atoms with Crippen molar-refractivity contribution in [1.82, 2.24) is 0 Å². The van der Waals surface area contributed by atoms with Crippen molar-refractivity contribution in [2.75, 3.05) is 19.6 Å². The van der Waals surface area contributed by atoms with E-state index in [1.54, 1.807) is 0 Å². The minimum absolute atomic E-state index is 0. The third kappa shape index (κ3) is 6.74. The minimum Gasteiger partial charge on any atom is -1.00 e. The molecule has 1 fully saturated rings. The molecule has 0 aromatic heterocycles. The average Bonchev–Trinajstić information content (AvgIpc) is 2.62. The first-order valence-electron chi connectivity index (χ1n) is 9.15. The van der Waals surface area contributed by atoms with E-state index >= 15 is 0 Å². The van der Waals surface area contributed by atoms with Crippen molar-refractivity contribution in [3.8, 4) is 0 Å². The van der Waals surface area contributed by atoms with Crippen LogP contribution in [0.25, 0.3) is 0 Å². The Morgan fingerprint density at radius 3 is 2.25 bits per heavy atom. The molecule has 2 rings (SSSR count). The van der Waals surface area contributed by atoms with Crippen LogP contribution in [-0.2, 0) is 4.79 Å². The number of rotatable bonds is 9. The van der Waals surface area contributed by atoms with Gasteiger partial charge in [0.1, 0.15) is 5.78 Å². The van der Waals surface area contributed by atoms with Gasteiger partial charge in [0.25, 0.3) is 0 Å². The predicted octanol–water partition coefficient (Wildman–Crippen LogP) is -0.292. The summed E-state index contributed by atoms with van der Waals surface area (Å²) in [7, 11) is 0. The smallest absolute Gasteiger partial charge is 0.168 e. The van der Waals surface area contributed by atoms with E-state index in [0.29, 0.717) is 24.5 Å². The molecule has 1 aromatic rings. The molecule has 0 amide bonds. The van der Waals surface area contributed by atoms with Crippen LogP contribution in [0.3, 0.4) is 0 Å². The highest BCUT2D eigenvalue weighted by Gasteiger charge is 2.22. The van der Waals surface area contributed by atoms with Gasteiger partial charge in [-0.3, -0.25) is 9.59 Å². The lowest BCUT2D eigenvalue weighted by Crippen LogP contribution is -3.11. The highest BCUT2D eigenvalue weighted by atomic mass is 35.5. The molecule has 1 atom stereocenters.